The predicted octanol–water partition coefficient (Wildman–Crippen LogP) is 3.04. The van der Waals surface area contributed by atoms with Crippen molar-refractivity contribution in [2.24, 2.45) is 23.2 Å². The Morgan fingerprint density at radius 1 is 1.38 bits per heavy atom. The Morgan fingerprint density at radius 2 is 1.92 bits per heavy atom. The first kappa shape index (κ1) is 9.23. The SMILES string of the molecule is CC(=O)[C@@H](C)C(C1CC1)C1(C)CC1. The molecule has 2 aliphatic carbocycles. The Hall–Kier alpha value is -0.330. The molecule has 0 heterocycles. The summed E-state index contributed by atoms with van der Waals surface area (Å²) in [5, 5.41) is 0. The van der Waals surface area contributed by atoms with Crippen LogP contribution in [0.3, 0.4) is 0 Å². The van der Waals surface area contributed by atoms with E-state index < -0.39 is 0 Å². The Balaban J connectivity index is 2.09. The van der Waals surface area contributed by atoms with Gasteiger partial charge in [-0.15, -0.1) is 0 Å². The average Bonchev–Trinajstić information content (AvgIpc) is 2.89. The smallest absolute Gasteiger partial charge is 0.132 e. The molecule has 2 saturated carbocycles. The number of Topliss-reactive ketones (excluding diaryl/α,β-unsaturated/α-hetero) is 1. The molecular weight excluding hydrogens is 160 g/mol. The van der Waals surface area contributed by atoms with E-state index >= 15 is 0 Å². The Morgan fingerprint density at radius 3 is 2.23 bits per heavy atom. The lowest BCUT2D eigenvalue weighted by atomic mass is 9.76. The van der Waals surface area contributed by atoms with Crippen LogP contribution in [0.4, 0.5) is 0 Å². The van der Waals surface area contributed by atoms with E-state index in [1.165, 1.54) is 25.7 Å². The second kappa shape index (κ2) is 2.83. The number of rotatable bonds is 4. The van der Waals surface area contributed by atoms with Crippen LogP contribution in [-0.2, 0) is 4.79 Å². The lowest BCUT2D eigenvalue weighted by molar-refractivity contribution is -0.123. The number of carbonyl (C=O) groups excluding carboxylic acids is 1. The number of carbonyl (C=O) groups is 1. The molecule has 2 atom stereocenters. The lowest BCUT2D eigenvalue weighted by Gasteiger charge is -2.28. The fraction of sp³-hybridized carbons (Fsp3) is 0.917. The molecule has 1 unspecified atom stereocenters. The molecule has 0 saturated heterocycles. The van der Waals surface area contributed by atoms with Gasteiger partial charge in [0.2, 0.25) is 0 Å². The van der Waals surface area contributed by atoms with E-state index in [2.05, 4.69) is 13.8 Å². The highest BCUT2D eigenvalue weighted by atomic mass is 16.1. The quantitative estimate of drug-likeness (QED) is 0.650. The standard InChI is InChI=1S/C12H20O/c1-8(9(2)13)11(10-4-5-10)12(3)6-7-12/h8,10-11H,4-7H2,1-3H3/t8-,11?/m1/s1. The summed E-state index contributed by atoms with van der Waals surface area (Å²) in [6, 6.07) is 0. The van der Waals surface area contributed by atoms with Gasteiger partial charge in [-0.3, -0.25) is 4.79 Å². The van der Waals surface area contributed by atoms with Crippen LogP contribution in [0, 0.1) is 23.2 Å². The highest BCUT2D eigenvalue weighted by Crippen LogP contribution is 2.61. The van der Waals surface area contributed by atoms with E-state index in [9.17, 15) is 4.79 Å². The van der Waals surface area contributed by atoms with Gasteiger partial charge in [-0.05, 0) is 49.9 Å². The van der Waals surface area contributed by atoms with E-state index in [-0.39, 0.29) is 0 Å². The van der Waals surface area contributed by atoms with Gasteiger partial charge in [-0.1, -0.05) is 13.8 Å². The predicted molar refractivity (Wildman–Crippen MR) is 53.4 cm³/mol. The van der Waals surface area contributed by atoms with Crippen LogP contribution >= 0.6 is 0 Å². The maximum absolute atomic E-state index is 11.4. The summed E-state index contributed by atoms with van der Waals surface area (Å²) in [6.07, 6.45) is 5.45. The van der Waals surface area contributed by atoms with Gasteiger partial charge < -0.3 is 0 Å². The van der Waals surface area contributed by atoms with Gasteiger partial charge >= 0.3 is 0 Å². The third kappa shape index (κ3) is 1.66. The van der Waals surface area contributed by atoms with Gasteiger partial charge in [0.1, 0.15) is 5.78 Å². The molecule has 13 heavy (non-hydrogen) atoms. The lowest BCUT2D eigenvalue weighted by Crippen LogP contribution is -2.27. The van der Waals surface area contributed by atoms with Crippen molar-refractivity contribution in [3.8, 4) is 0 Å². The van der Waals surface area contributed by atoms with Gasteiger partial charge in [-0.25, -0.2) is 0 Å². The van der Waals surface area contributed by atoms with E-state index in [0.29, 0.717) is 23.0 Å². The van der Waals surface area contributed by atoms with Gasteiger partial charge in [0, 0.05) is 5.92 Å². The maximum Gasteiger partial charge on any atom is 0.132 e. The molecule has 0 aromatic heterocycles. The van der Waals surface area contributed by atoms with Crippen molar-refractivity contribution in [3.05, 3.63) is 0 Å². The molecule has 0 aliphatic heterocycles. The summed E-state index contributed by atoms with van der Waals surface area (Å²) in [6.45, 7) is 6.26. The fourth-order valence-electron chi connectivity index (χ4n) is 2.82. The first-order valence-electron chi connectivity index (χ1n) is 5.55. The molecule has 2 fully saturated rings. The van der Waals surface area contributed by atoms with Crippen LogP contribution in [0.15, 0.2) is 0 Å². The number of hydrogen-bond acceptors (Lipinski definition) is 1. The molecule has 2 rings (SSSR count). The molecule has 0 aromatic rings. The largest absolute Gasteiger partial charge is 0.300 e. The van der Waals surface area contributed by atoms with Crippen LogP contribution in [0.5, 0.6) is 0 Å². The minimum absolute atomic E-state index is 0.306. The average molecular weight is 180 g/mol. The van der Waals surface area contributed by atoms with Crippen molar-refractivity contribution < 1.29 is 4.79 Å². The highest BCUT2D eigenvalue weighted by Gasteiger charge is 2.53. The molecule has 0 spiro atoms. The molecular formula is C12H20O. The van der Waals surface area contributed by atoms with E-state index in [1.54, 1.807) is 6.92 Å². The summed E-state index contributed by atoms with van der Waals surface area (Å²) in [7, 11) is 0. The zero-order valence-corrected chi connectivity index (χ0v) is 8.97. The van der Waals surface area contributed by atoms with Gasteiger partial charge in [-0.2, -0.15) is 0 Å². The van der Waals surface area contributed by atoms with Crippen LogP contribution in [0.25, 0.3) is 0 Å². The second-order valence-corrected chi connectivity index (χ2v) is 5.42. The maximum atomic E-state index is 11.4. The first-order valence-corrected chi connectivity index (χ1v) is 5.55. The summed E-state index contributed by atoms with van der Waals surface area (Å²) >= 11 is 0. The van der Waals surface area contributed by atoms with E-state index in [1.807, 2.05) is 0 Å². The summed E-state index contributed by atoms with van der Waals surface area (Å²) < 4.78 is 0. The molecule has 0 N–H and O–H groups in total. The highest BCUT2D eigenvalue weighted by molar-refractivity contribution is 5.78. The van der Waals surface area contributed by atoms with Crippen molar-refractivity contribution >= 4 is 5.78 Å². The van der Waals surface area contributed by atoms with Crippen molar-refractivity contribution in [1.29, 1.82) is 0 Å². The topological polar surface area (TPSA) is 17.1 Å². The number of hydrogen-bond donors (Lipinski definition) is 0. The third-order valence-corrected chi connectivity index (χ3v) is 4.15. The number of ketones is 1. The van der Waals surface area contributed by atoms with Crippen molar-refractivity contribution in [3.63, 3.8) is 0 Å². The van der Waals surface area contributed by atoms with Gasteiger partial charge in [0.15, 0.2) is 0 Å². The molecule has 0 amide bonds. The van der Waals surface area contributed by atoms with Crippen LogP contribution in [0.2, 0.25) is 0 Å². The van der Waals surface area contributed by atoms with Crippen LogP contribution in [-0.4, -0.2) is 5.78 Å². The Labute approximate surface area is 80.9 Å². The summed E-state index contributed by atoms with van der Waals surface area (Å²) in [5.74, 6) is 2.28. The minimum atomic E-state index is 0.306. The zero-order chi connectivity index (χ0) is 9.64. The normalized spacial score (nSPS) is 29.5. The van der Waals surface area contributed by atoms with E-state index in [4.69, 9.17) is 0 Å². The Bertz CT molecular complexity index is 223. The van der Waals surface area contributed by atoms with Gasteiger partial charge in [0.25, 0.3) is 0 Å². The zero-order valence-electron chi connectivity index (χ0n) is 8.97. The molecule has 1 nitrogen and oxygen atoms in total. The van der Waals surface area contributed by atoms with Crippen molar-refractivity contribution in [2.45, 2.75) is 46.5 Å². The van der Waals surface area contributed by atoms with E-state index in [0.717, 1.165) is 5.92 Å². The molecule has 1 heteroatoms. The minimum Gasteiger partial charge on any atom is -0.300 e. The monoisotopic (exact) mass is 180 g/mol. The molecule has 2 aliphatic rings. The fourth-order valence-corrected chi connectivity index (χ4v) is 2.82. The third-order valence-electron chi connectivity index (χ3n) is 4.15. The Kier molecular flexibility index (Phi) is 2.01. The molecule has 0 aromatic carbocycles. The first-order chi connectivity index (χ1) is 6.04. The van der Waals surface area contributed by atoms with Crippen LogP contribution < -0.4 is 0 Å². The van der Waals surface area contributed by atoms with Crippen molar-refractivity contribution in [1.82, 2.24) is 0 Å². The molecule has 0 radical (unpaired) electrons. The molecule has 0 bridgehead atoms. The summed E-state index contributed by atoms with van der Waals surface area (Å²) in [4.78, 5) is 11.4. The van der Waals surface area contributed by atoms with Crippen molar-refractivity contribution in [2.75, 3.05) is 0 Å². The van der Waals surface area contributed by atoms with Gasteiger partial charge in [0.05, 0.1) is 0 Å². The molecule has 74 valence electrons. The second-order valence-electron chi connectivity index (χ2n) is 5.42. The summed E-state index contributed by atoms with van der Waals surface area (Å²) in [5.41, 5.74) is 0.534. The van der Waals surface area contributed by atoms with Crippen LogP contribution in [0.1, 0.15) is 46.5 Å².